The van der Waals surface area contributed by atoms with Crippen LogP contribution in [0.2, 0.25) is 0 Å². The number of nitrogens with zero attached hydrogens (tertiary/aromatic N) is 4. The Morgan fingerprint density at radius 1 is 1.18 bits per heavy atom. The van der Waals surface area contributed by atoms with Gasteiger partial charge in [0.15, 0.2) is 24.0 Å². The Labute approximate surface area is 260 Å². The third kappa shape index (κ3) is 6.83. The molecule has 5 rings (SSSR count). The van der Waals surface area contributed by atoms with E-state index in [4.69, 9.17) is 40.8 Å². The van der Waals surface area contributed by atoms with Crippen LogP contribution in [0.5, 0.6) is 0 Å². The Bertz CT molecular complexity index is 1450. The van der Waals surface area contributed by atoms with Crippen LogP contribution in [0.25, 0.3) is 11.2 Å². The molecule has 2 saturated heterocycles. The molecule has 0 aromatic carbocycles. The number of aliphatic hydroxyl groups excluding tert-OH is 6. The molecule has 1 saturated carbocycles. The lowest BCUT2D eigenvalue weighted by atomic mass is 9.88. The van der Waals surface area contributed by atoms with Gasteiger partial charge < -0.3 is 64.9 Å². The van der Waals surface area contributed by atoms with E-state index in [0.29, 0.717) is 24.0 Å². The van der Waals surface area contributed by atoms with E-state index in [-0.39, 0.29) is 11.7 Å². The second-order valence-electron chi connectivity index (χ2n) is 10.9. The first kappa shape index (κ1) is 35.0. The Balaban J connectivity index is 1.27. The Morgan fingerprint density at radius 3 is 2.53 bits per heavy atom. The van der Waals surface area contributed by atoms with Crippen molar-refractivity contribution in [2.75, 3.05) is 32.7 Å². The molecule has 23 heteroatoms. The summed E-state index contributed by atoms with van der Waals surface area (Å²) in [6, 6.07) is 0. The fourth-order valence-corrected chi connectivity index (χ4v) is 8.77. The molecule has 0 bridgehead atoms. The van der Waals surface area contributed by atoms with Crippen molar-refractivity contribution < 1.29 is 72.6 Å². The highest BCUT2D eigenvalue weighted by Crippen LogP contribution is 2.62. The molecule has 0 spiro atoms. The molecular weight excluding hydrogens is 668 g/mol. The van der Waals surface area contributed by atoms with E-state index in [0.717, 1.165) is 0 Å². The van der Waals surface area contributed by atoms with Crippen molar-refractivity contribution in [3.8, 4) is 0 Å². The molecule has 4 heterocycles. The van der Waals surface area contributed by atoms with Crippen LogP contribution in [0.3, 0.4) is 0 Å². The van der Waals surface area contributed by atoms with Crippen molar-refractivity contribution in [1.29, 1.82) is 0 Å². The number of nitrogens with two attached hydrogens (primary N) is 1. The van der Waals surface area contributed by atoms with Crippen LogP contribution in [0.4, 0.5) is 5.82 Å². The second kappa shape index (κ2) is 13.3. The van der Waals surface area contributed by atoms with Crippen molar-refractivity contribution in [2.24, 2.45) is 11.8 Å². The third-order valence-corrected chi connectivity index (χ3v) is 11.6. The SMILES string of the molecule is CO[C@]1(C2CC2)[C@H](O)[C@@H](COP(O)(=S)OP(=O)(O)OC2OCC([C@@H](O)CO)C(O)C(O)C2O)O[C@H]1n1cnc2c(N)ncnc21. The van der Waals surface area contributed by atoms with Crippen LogP contribution in [0.15, 0.2) is 12.7 Å². The smallest absolute Gasteiger partial charge is 0.394 e. The largest absolute Gasteiger partial charge is 0.481 e. The normalized spacial score (nSPS) is 37.6. The highest BCUT2D eigenvalue weighted by Gasteiger charge is 2.65. The van der Waals surface area contributed by atoms with Crippen molar-refractivity contribution in [3.05, 3.63) is 12.7 Å². The number of phosphoric acid groups is 1. The number of aliphatic hydroxyl groups is 6. The van der Waals surface area contributed by atoms with Gasteiger partial charge in [-0.05, 0) is 30.6 Å². The van der Waals surface area contributed by atoms with Crippen LogP contribution in [-0.4, -0.2) is 135 Å². The van der Waals surface area contributed by atoms with E-state index in [1.54, 1.807) is 0 Å². The summed E-state index contributed by atoms with van der Waals surface area (Å²) in [6.45, 7) is -6.75. The van der Waals surface area contributed by atoms with Gasteiger partial charge >= 0.3 is 14.5 Å². The van der Waals surface area contributed by atoms with Gasteiger partial charge in [-0.1, -0.05) is 0 Å². The molecule has 2 aliphatic heterocycles. The predicted molar refractivity (Wildman–Crippen MR) is 151 cm³/mol. The minimum absolute atomic E-state index is 0.121. The summed E-state index contributed by atoms with van der Waals surface area (Å²) < 4.78 is 46.1. The number of methoxy groups -OCH3 is 1. The van der Waals surface area contributed by atoms with Crippen molar-refractivity contribution in [3.63, 3.8) is 0 Å². The molecule has 2 aromatic rings. The van der Waals surface area contributed by atoms with Gasteiger partial charge in [0.2, 0.25) is 0 Å². The van der Waals surface area contributed by atoms with E-state index in [9.17, 15) is 45.0 Å². The van der Waals surface area contributed by atoms with E-state index in [2.05, 4.69) is 19.3 Å². The molecular formula is C22H35N5O15P2S. The predicted octanol–water partition coefficient (Wildman–Crippen LogP) is -2.76. The summed E-state index contributed by atoms with van der Waals surface area (Å²) in [4.78, 5) is 33.3. The van der Waals surface area contributed by atoms with Crippen LogP contribution in [0, 0.1) is 11.8 Å². The summed E-state index contributed by atoms with van der Waals surface area (Å²) in [5.41, 5.74) is 5.18. The van der Waals surface area contributed by atoms with Crippen molar-refractivity contribution >= 4 is 43.3 Å². The van der Waals surface area contributed by atoms with Gasteiger partial charge in [0.25, 0.3) is 0 Å². The van der Waals surface area contributed by atoms with Gasteiger partial charge in [-0.3, -0.25) is 9.09 Å². The lowest BCUT2D eigenvalue weighted by Gasteiger charge is -2.36. The average Bonchev–Trinajstić information content (AvgIpc) is 3.69. The number of nitrogen functional groups attached to an aromatic ring is 1. The lowest BCUT2D eigenvalue weighted by molar-refractivity contribution is -0.173. The average molecular weight is 704 g/mol. The second-order valence-corrected chi connectivity index (χ2v) is 15.3. The van der Waals surface area contributed by atoms with Crippen molar-refractivity contribution in [1.82, 2.24) is 19.5 Å². The number of imidazole rings is 1. The van der Waals surface area contributed by atoms with E-state index >= 15 is 0 Å². The maximum Gasteiger partial charge on any atom is 0.481 e. The van der Waals surface area contributed by atoms with E-state index in [1.165, 1.54) is 24.3 Å². The highest BCUT2D eigenvalue weighted by atomic mass is 32.5. The molecule has 2 aromatic heterocycles. The summed E-state index contributed by atoms with van der Waals surface area (Å²) in [7, 11) is -4.02. The van der Waals surface area contributed by atoms with Gasteiger partial charge in [0.1, 0.15) is 41.9 Å². The van der Waals surface area contributed by atoms with Gasteiger partial charge in [0, 0.05) is 13.0 Å². The zero-order chi connectivity index (χ0) is 32.9. The first-order valence-corrected chi connectivity index (χ1v) is 17.7. The number of ether oxygens (including phenoxy) is 3. The standard InChI is InChI=1S/C22H35N5O15P2S/c1-37-22(9-2-3-9)17(33)12(40-21(22)27-8-26-13-18(23)24-7-25-19(13)27)6-39-44(36,45)42-43(34,35)41-20-16(32)15(31)14(30)10(5-38-20)11(29)4-28/h7-12,14-17,20-21,28-33H,2-6H2,1H3,(H,34,35)(H,36,45)(H2,23,24,25)/t10?,11-,12+,14?,15?,16?,17+,20?,21+,22+,44?/m0/s1. The minimum atomic E-state index is -5.42. The first-order valence-electron chi connectivity index (χ1n) is 13.6. The first-order chi connectivity index (χ1) is 21.2. The van der Waals surface area contributed by atoms with Gasteiger partial charge in [0.05, 0.1) is 38.4 Å². The summed E-state index contributed by atoms with van der Waals surface area (Å²) in [5, 5.41) is 61.2. The number of anilines is 1. The molecule has 45 heavy (non-hydrogen) atoms. The molecule has 3 aliphatic rings. The molecule has 3 fully saturated rings. The van der Waals surface area contributed by atoms with Crippen LogP contribution < -0.4 is 5.73 Å². The van der Waals surface area contributed by atoms with Crippen LogP contribution >= 0.6 is 14.5 Å². The Kier molecular flexibility index (Phi) is 10.3. The molecule has 0 amide bonds. The van der Waals surface area contributed by atoms with E-state index < -0.39 is 95.0 Å². The van der Waals surface area contributed by atoms with E-state index in [1.807, 2.05) is 0 Å². The molecule has 254 valence electrons. The van der Waals surface area contributed by atoms with Gasteiger partial charge in [-0.15, -0.1) is 0 Å². The fraction of sp³-hybridized carbons (Fsp3) is 0.773. The van der Waals surface area contributed by atoms with Gasteiger partial charge in [-0.25, -0.2) is 23.8 Å². The number of fused-ring (bicyclic) bond motifs is 1. The number of aromatic nitrogens is 4. The maximum absolute atomic E-state index is 12.8. The molecule has 10 N–H and O–H groups in total. The fourth-order valence-electron chi connectivity index (χ4n) is 5.66. The highest BCUT2D eigenvalue weighted by molar-refractivity contribution is 8.08. The maximum atomic E-state index is 12.8. The molecule has 7 unspecified atom stereocenters. The number of rotatable bonds is 12. The monoisotopic (exact) mass is 703 g/mol. The Morgan fingerprint density at radius 2 is 1.89 bits per heavy atom. The number of hydrogen-bond donors (Lipinski definition) is 9. The molecule has 20 nitrogen and oxygen atoms in total. The number of hydrogen-bond acceptors (Lipinski definition) is 18. The van der Waals surface area contributed by atoms with Crippen LogP contribution in [0.1, 0.15) is 19.1 Å². The minimum Gasteiger partial charge on any atom is -0.394 e. The third-order valence-electron chi connectivity index (χ3n) is 8.11. The van der Waals surface area contributed by atoms with Gasteiger partial charge in [-0.2, -0.15) is 0 Å². The molecule has 0 radical (unpaired) electrons. The quantitative estimate of drug-likeness (QED) is 0.101. The summed E-state index contributed by atoms with van der Waals surface area (Å²) in [6.07, 6.45) is -9.23. The van der Waals surface area contributed by atoms with Crippen LogP contribution in [-0.2, 0) is 43.9 Å². The van der Waals surface area contributed by atoms with Crippen molar-refractivity contribution in [2.45, 2.75) is 67.6 Å². The lowest BCUT2D eigenvalue weighted by Crippen LogP contribution is -2.50. The molecule has 1 aliphatic carbocycles. The zero-order valence-corrected chi connectivity index (χ0v) is 26.2. The zero-order valence-electron chi connectivity index (χ0n) is 23.6. The number of phosphoric ester groups is 1. The molecule has 12 atom stereocenters. The topological polar surface area (TPSA) is 304 Å². The summed E-state index contributed by atoms with van der Waals surface area (Å²) in [5.74, 6) is -1.34. The Hall–Kier alpha value is -1.33. The summed E-state index contributed by atoms with van der Waals surface area (Å²) >= 11 is 4.88.